The molecule has 0 bridgehead atoms. The number of benzene rings is 2. The molecule has 0 atom stereocenters. The van der Waals surface area contributed by atoms with Gasteiger partial charge in [0.1, 0.15) is 18.2 Å². The molecule has 27 heavy (non-hydrogen) atoms. The molecule has 0 spiro atoms. The second-order valence-corrected chi connectivity index (χ2v) is 7.59. The maximum Gasteiger partial charge on any atom is 0.293 e. The standard InChI is InChI=1S/C20H15BrFNO3S/c1-2-9-26-17-8-5-15(21)10-14(17)11-18-19(24)23(20(25)27-18)12-13-3-6-16(22)7-4-13/h2-8,10-11H,1,9,12H2/b18-11+. The van der Waals surface area contributed by atoms with E-state index in [1.807, 2.05) is 12.1 Å². The Kier molecular flexibility index (Phi) is 6.13. The molecule has 2 aromatic carbocycles. The van der Waals surface area contributed by atoms with Gasteiger partial charge in [0.2, 0.25) is 0 Å². The molecule has 1 aliphatic rings. The number of amides is 2. The third-order valence-corrected chi connectivity index (χ3v) is 5.14. The van der Waals surface area contributed by atoms with Gasteiger partial charge in [0.25, 0.3) is 11.1 Å². The fraction of sp³-hybridized carbons (Fsp3) is 0.100. The number of rotatable bonds is 6. The van der Waals surface area contributed by atoms with E-state index in [1.165, 1.54) is 12.1 Å². The molecule has 4 nitrogen and oxygen atoms in total. The van der Waals surface area contributed by atoms with Crippen LogP contribution < -0.4 is 4.74 Å². The van der Waals surface area contributed by atoms with E-state index >= 15 is 0 Å². The van der Waals surface area contributed by atoms with Gasteiger partial charge in [-0.1, -0.05) is 40.7 Å². The average Bonchev–Trinajstić information content (AvgIpc) is 2.90. The molecular weight excluding hydrogens is 433 g/mol. The van der Waals surface area contributed by atoms with E-state index in [0.717, 1.165) is 21.1 Å². The van der Waals surface area contributed by atoms with Crippen molar-refractivity contribution < 1.29 is 18.7 Å². The van der Waals surface area contributed by atoms with Crippen molar-refractivity contribution in [2.75, 3.05) is 6.61 Å². The molecule has 0 aliphatic carbocycles. The van der Waals surface area contributed by atoms with Gasteiger partial charge in [0.05, 0.1) is 11.4 Å². The lowest BCUT2D eigenvalue weighted by Crippen LogP contribution is -2.27. The van der Waals surface area contributed by atoms with Gasteiger partial charge in [-0.05, 0) is 53.7 Å². The normalized spacial score (nSPS) is 15.5. The molecule has 1 fully saturated rings. The van der Waals surface area contributed by atoms with E-state index in [4.69, 9.17) is 4.74 Å². The molecule has 1 aliphatic heterocycles. The Bertz CT molecular complexity index is 927. The van der Waals surface area contributed by atoms with Crippen LogP contribution >= 0.6 is 27.7 Å². The van der Waals surface area contributed by atoms with Crippen LogP contribution in [-0.4, -0.2) is 22.7 Å². The monoisotopic (exact) mass is 447 g/mol. The number of thioether (sulfide) groups is 1. The van der Waals surface area contributed by atoms with Crippen LogP contribution in [0.5, 0.6) is 5.75 Å². The summed E-state index contributed by atoms with van der Waals surface area (Å²) < 4.78 is 19.5. The van der Waals surface area contributed by atoms with Gasteiger partial charge < -0.3 is 4.74 Å². The molecule has 2 amide bonds. The largest absolute Gasteiger partial charge is 0.489 e. The molecule has 0 radical (unpaired) electrons. The highest BCUT2D eigenvalue weighted by atomic mass is 79.9. The minimum atomic E-state index is -0.385. The van der Waals surface area contributed by atoms with Crippen LogP contribution in [0.3, 0.4) is 0 Å². The summed E-state index contributed by atoms with van der Waals surface area (Å²) in [5.41, 5.74) is 1.36. The van der Waals surface area contributed by atoms with Crippen molar-refractivity contribution in [3.05, 3.63) is 81.4 Å². The SMILES string of the molecule is C=CCOc1ccc(Br)cc1/C=C1/SC(=O)N(Cc2ccc(F)cc2)C1=O. The minimum absolute atomic E-state index is 0.0978. The fourth-order valence-corrected chi connectivity index (χ4v) is 3.67. The van der Waals surface area contributed by atoms with Crippen molar-refractivity contribution in [3.63, 3.8) is 0 Å². The van der Waals surface area contributed by atoms with Crippen LogP contribution in [0, 0.1) is 5.82 Å². The van der Waals surface area contributed by atoms with Crippen molar-refractivity contribution in [2.45, 2.75) is 6.54 Å². The molecular formula is C20H15BrFNO3S. The van der Waals surface area contributed by atoms with Crippen LogP contribution in [0.15, 0.2) is 64.5 Å². The van der Waals surface area contributed by atoms with Crippen LogP contribution in [0.25, 0.3) is 6.08 Å². The Morgan fingerprint density at radius 1 is 1.19 bits per heavy atom. The molecule has 0 N–H and O–H groups in total. The highest BCUT2D eigenvalue weighted by Gasteiger charge is 2.35. The Morgan fingerprint density at radius 2 is 1.93 bits per heavy atom. The summed E-state index contributed by atoms with van der Waals surface area (Å²) in [6.45, 7) is 4.05. The van der Waals surface area contributed by atoms with E-state index in [-0.39, 0.29) is 23.5 Å². The highest BCUT2D eigenvalue weighted by molar-refractivity contribution is 9.10. The third-order valence-electron chi connectivity index (χ3n) is 3.74. The number of halogens is 2. The molecule has 2 aromatic rings. The summed E-state index contributed by atoms with van der Waals surface area (Å²) in [7, 11) is 0. The first kappa shape index (κ1) is 19.4. The van der Waals surface area contributed by atoms with Crippen LogP contribution in [0.2, 0.25) is 0 Å². The predicted molar refractivity (Wildman–Crippen MR) is 108 cm³/mol. The van der Waals surface area contributed by atoms with E-state index in [9.17, 15) is 14.0 Å². The predicted octanol–water partition coefficient (Wildman–Crippen LogP) is 5.39. The lowest BCUT2D eigenvalue weighted by atomic mass is 10.1. The zero-order valence-electron chi connectivity index (χ0n) is 14.2. The van der Waals surface area contributed by atoms with E-state index < -0.39 is 0 Å². The number of carbonyl (C=O) groups is 2. The lowest BCUT2D eigenvalue weighted by Gasteiger charge is -2.12. The molecule has 138 valence electrons. The topological polar surface area (TPSA) is 46.6 Å². The average molecular weight is 448 g/mol. The number of ether oxygens (including phenoxy) is 1. The number of hydrogen-bond acceptors (Lipinski definition) is 4. The molecule has 3 rings (SSSR count). The van der Waals surface area contributed by atoms with Crippen LogP contribution in [-0.2, 0) is 11.3 Å². The Hall–Kier alpha value is -2.38. The van der Waals surface area contributed by atoms with Crippen molar-refractivity contribution in [1.82, 2.24) is 4.90 Å². The van der Waals surface area contributed by atoms with E-state index in [1.54, 1.807) is 30.4 Å². The first-order valence-corrected chi connectivity index (χ1v) is 9.62. The Labute approximate surface area is 168 Å². The number of carbonyl (C=O) groups excluding carboxylic acids is 2. The molecule has 0 saturated carbocycles. The smallest absolute Gasteiger partial charge is 0.293 e. The molecule has 1 saturated heterocycles. The molecule has 7 heteroatoms. The fourth-order valence-electron chi connectivity index (χ4n) is 2.46. The summed E-state index contributed by atoms with van der Waals surface area (Å²) in [5, 5.41) is -0.362. The van der Waals surface area contributed by atoms with Gasteiger partial charge in [-0.2, -0.15) is 0 Å². The van der Waals surface area contributed by atoms with Crippen molar-refractivity contribution in [2.24, 2.45) is 0 Å². The first-order valence-electron chi connectivity index (χ1n) is 8.01. The zero-order chi connectivity index (χ0) is 19.4. The van der Waals surface area contributed by atoms with E-state index in [2.05, 4.69) is 22.5 Å². The lowest BCUT2D eigenvalue weighted by molar-refractivity contribution is -0.123. The van der Waals surface area contributed by atoms with Gasteiger partial charge in [0, 0.05) is 10.0 Å². The zero-order valence-corrected chi connectivity index (χ0v) is 16.6. The van der Waals surface area contributed by atoms with Gasteiger partial charge in [-0.15, -0.1) is 0 Å². The van der Waals surface area contributed by atoms with Crippen molar-refractivity contribution in [3.8, 4) is 5.75 Å². The summed E-state index contributed by atoms with van der Waals surface area (Å²) in [4.78, 5) is 26.4. The van der Waals surface area contributed by atoms with Gasteiger partial charge in [-0.25, -0.2) is 4.39 Å². The van der Waals surface area contributed by atoms with Gasteiger partial charge in [-0.3, -0.25) is 14.5 Å². The second kappa shape index (κ2) is 8.54. The number of hydrogen-bond donors (Lipinski definition) is 0. The van der Waals surface area contributed by atoms with E-state index in [0.29, 0.717) is 28.4 Å². The van der Waals surface area contributed by atoms with Crippen molar-refractivity contribution in [1.29, 1.82) is 0 Å². The number of imide groups is 1. The maximum atomic E-state index is 13.0. The Morgan fingerprint density at radius 3 is 2.63 bits per heavy atom. The summed E-state index contributed by atoms with van der Waals surface area (Å²) in [6, 6.07) is 11.1. The van der Waals surface area contributed by atoms with Gasteiger partial charge >= 0.3 is 0 Å². The maximum absolute atomic E-state index is 13.0. The van der Waals surface area contributed by atoms with Gasteiger partial charge in [0.15, 0.2) is 0 Å². The van der Waals surface area contributed by atoms with Crippen LogP contribution in [0.4, 0.5) is 9.18 Å². The molecule has 0 aromatic heterocycles. The third kappa shape index (κ3) is 4.67. The highest BCUT2D eigenvalue weighted by Crippen LogP contribution is 2.35. The minimum Gasteiger partial charge on any atom is -0.489 e. The summed E-state index contributed by atoms with van der Waals surface area (Å²) >= 11 is 4.27. The summed E-state index contributed by atoms with van der Waals surface area (Å²) in [6.07, 6.45) is 3.27. The molecule has 1 heterocycles. The number of nitrogens with zero attached hydrogens (tertiary/aromatic N) is 1. The Balaban J connectivity index is 1.85. The quantitative estimate of drug-likeness (QED) is 0.439. The molecule has 0 unspecified atom stereocenters. The summed E-state index contributed by atoms with van der Waals surface area (Å²) in [5.74, 6) is -0.165. The second-order valence-electron chi connectivity index (χ2n) is 5.68. The first-order chi connectivity index (χ1) is 13.0. The van der Waals surface area contributed by atoms with Crippen LogP contribution in [0.1, 0.15) is 11.1 Å². The van der Waals surface area contributed by atoms with Crippen molar-refractivity contribution >= 4 is 44.9 Å².